The summed E-state index contributed by atoms with van der Waals surface area (Å²) in [5.41, 5.74) is 2.64. The second-order valence-corrected chi connectivity index (χ2v) is 8.51. The number of anilines is 2. The lowest BCUT2D eigenvalue weighted by Gasteiger charge is -2.31. The predicted molar refractivity (Wildman–Crippen MR) is 124 cm³/mol. The van der Waals surface area contributed by atoms with Gasteiger partial charge in [-0.15, -0.1) is 11.3 Å². The standard InChI is InChI=1S/C24H27N3O3S/c1-29-19-8-9-20(22(15-19)30-2)25-24-26-21(16-31-24)23(28)27-12-10-18(11-13-27)14-17-6-4-3-5-7-17/h3-9,15-16,18H,10-14H2,1-2H3,(H,25,26). The van der Waals surface area contributed by atoms with Gasteiger partial charge in [-0.2, -0.15) is 0 Å². The van der Waals surface area contributed by atoms with Crippen molar-refractivity contribution in [3.8, 4) is 11.5 Å². The third kappa shape index (κ3) is 5.17. The first-order valence-electron chi connectivity index (χ1n) is 10.4. The number of carbonyl (C=O) groups is 1. The van der Waals surface area contributed by atoms with Crippen LogP contribution in [0.3, 0.4) is 0 Å². The van der Waals surface area contributed by atoms with Gasteiger partial charge in [-0.25, -0.2) is 4.98 Å². The van der Waals surface area contributed by atoms with Crippen molar-refractivity contribution < 1.29 is 14.3 Å². The average Bonchev–Trinajstić information content (AvgIpc) is 3.28. The lowest BCUT2D eigenvalue weighted by Crippen LogP contribution is -2.39. The van der Waals surface area contributed by atoms with Crippen molar-refractivity contribution in [1.29, 1.82) is 0 Å². The van der Waals surface area contributed by atoms with Crippen LogP contribution in [0.15, 0.2) is 53.9 Å². The van der Waals surface area contributed by atoms with Crippen molar-refractivity contribution in [2.45, 2.75) is 19.3 Å². The van der Waals surface area contributed by atoms with E-state index in [1.807, 2.05) is 34.5 Å². The van der Waals surface area contributed by atoms with Gasteiger partial charge in [-0.1, -0.05) is 30.3 Å². The number of amides is 1. The lowest BCUT2D eigenvalue weighted by atomic mass is 9.90. The first-order chi connectivity index (χ1) is 15.2. The van der Waals surface area contributed by atoms with Gasteiger partial charge in [-0.05, 0) is 42.9 Å². The minimum absolute atomic E-state index is 0.00385. The molecule has 1 amide bonds. The third-order valence-corrected chi connectivity index (χ3v) is 6.40. The Balaban J connectivity index is 1.35. The van der Waals surface area contributed by atoms with Gasteiger partial charge in [0.15, 0.2) is 5.13 Å². The van der Waals surface area contributed by atoms with Crippen LogP contribution in [-0.2, 0) is 6.42 Å². The van der Waals surface area contributed by atoms with Gasteiger partial charge in [-0.3, -0.25) is 4.79 Å². The zero-order chi connectivity index (χ0) is 21.6. The number of nitrogens with one attached hydrogen (secondary N) is 1. The summed E-state index contributed by atoms with van der Waals surface area (Å²) in [4.78, 5) is 19.4. The molecule has 0 aliphatic carbocycles. The molecule has 31 heavy (non-hydrogen) atoms. The van der Waals surface area contributed by atoms with Crippen LogP contribution in [0.2, 0.25) is 0 Å². The van der Waals surface area contributed by atoms with Gasteiger partial charge >= 0.3 is 0 Å². The van der Waals surface area contributed by atoms with Crippen molar-refractivity contribution in [3.63, 3.8) is 0 Å². The van der Waals surface area contributed by atoms with Crippen LogP contribution < -0.4 is 14.8 Å². The molecule has 1 aromatic heterocycles. The van der Waals surface area contributed by atoms with Crippen LogP contribution in [0.25, 0.3) is 0 Å². The molecule has 1 aliphatic rings. The van der Waals surface area contributed by atoms with Crippen molar-refractivity contribution in [2.24, 2.45) is 5.92 Å². The first-order valence-corrected chi connectivity index (χ1v) is 11.3. The minimum atomic E-state index is 0.00385. The van der Waals surface area contributed by atoms with Crippen LogP contribution >= 0.6 is 11.3 Å². The Hall–Kier alpha value is -3.06. The van der Waals surface area contributed by atoms with E-state index in [0.29, 0.717) is 28.2 Å². The monoisotopic (exact) mass is 437 g/mol. The zero-order valence-electron chi connectivity index (χ0n) is 17.8. The number of carbonyl (C=O) groups excluding carboxylic acids is 1. The van der Waals surface area contributed by atoms with Gasteiger partial charge in [0.2, 0.25) is 0 Å². The Morgan fingerprint density at radius 3 is 2.61 bits per heavy atom. The van der Waals surface area contributed by atoms with Crippen molar-refractivity contribution in [2.75, 3.05) is 32.6 Å². The minimum Gasteiger partial charge on any atom is -0.497 e. The number of aromatic nitrogens is 1. The molecule has 162 valence electrons. The van der Waals surface area contributed by atoms with E-state index in [9.17, 15) is 4.79 Å². The SMILES string of the molecule is COc1ccc(Nc2nc(C(=O)N3CCC(Cc4ccccc4)CC3)cs2)c(OC)c1. The van der Waals surface area contributed by atoms with Crippen LogP contribution in [0.1, 0.15) is 28.9 Å². The number of hydrogen-bond donors (Lipinski definition) is 1. The Morgan fingerprint density at radius 1 is 1.13 bits per heavy atom. The molecule has 0 saturated carbocycles. The summed E-state index contributed by atoms with van der Waals surface area (Å²) in [6.45, 7) is 1.56. The molecule has 0 radical (unpaired) electrons. The summed E-state index contributed by atoms with van der Waals surface area (Å²) in [6, 6.07) is 16.1. The normalized spacial score (nSPS) is 14.3. The second kappa shape index (κ2) is 9.83. The number of benzene rings is 2. The summed E-state index contributed by atoms with van der Waals surface area (Å²) in [6.07, 6.45) is 3.13. The van der Waals surface area contributed by atoms with E-state index in [2.05, 4.69) is 34.6 Å². The fourth-order valence-corrected chi connectivity index (χ4v) is 4.59. The van der Waals surface area contributed by atoms with Gasteiger partial charge in [0.05, 0.1) is 19.9 Å². The molecule has 1 N–H and O–H groups in total. The number of ether oxygens (including phenoxy) is 2. The molecule has 7 heteroatoms. The summed E-state index contributed by atoms with van der Waals surface area (Å²) in [5, 5.41) is 5.72. The molecule has 4 rings (SSSR count). The highest BCUT2D eigenvalue weighted by Gasteiger charge is 2.25. The number of rotatable bonds is 7. The fourth-order valence-electron chi connectivity index (χ4n) is 3.90. The van der Waals surface area contributed by atoms with Crippen LogP contribution in [0.5, 0.6) is 11.5 Å². The smallest absolute Gasteiger partial charge is 0.273 e. The maximum absolute atomic E-state index is 12.9. The van der Waals surface area contributed by atoms with Crippen molar-refractivity contribution in [1.82, 2.24) is 9.88 Å². The molecular formula is C24H27N3O3S. The maximum atomic E-state index is 12.9. The van der Waals surface area contributed by atoms with Gasteiger partial charge in [0, 0.05) is 24.5 Å². The van der Waals surface area contributed by atoms with Gasteiger partial charge in [0.1, 0.15) is 17.2 Å². The molecule has 0 spiro atoms. The topological polar surface area (TPSA) is 63.7 Å². The first kappa shape index (κ1) is 21.2. The largest absolute Gasteiger partial charge is 0.497 e. The number of methoxy groups -OCH3 is 2. The summed E-state index contributed by atoms with van der Waals surface area (Å²) >= 11 is 1.41. The molecule has 0 bridgehead atoms. The molecule has 3 aromatic rings. The molecule has 2 heterocycles. The highest BCUT2D eigenvalue weighted by atomic mass is 32.1. The Kier molecular flexibility index (Phi) is 6.72. The van der Waals surface area contributed by atoms with Gasteiger partial charge < -0.3 is 19.7 Å². The number of nitrogens with zero attached hydrogens (tertiary/aromatic N) is 2. The van der Waals surface area contributed by atoms with E-state index < -0.39 is 0 Å². The molecule has 6 nitrogen and oxygen atoms in total. The maximum Gasteiger partial charge on any atom is 0.273 e. The van der Waals surface area contributed by atoms with E-state index in [1.165, 1.54) is 16.9 Å². The van der Waals surface area contributed by atoms with E-state index in [4.69, 9.17) is 9.47 Å². The summed E-state index contributed by atoms with van der Waals surface area (Å²) in [7, 11) is 3.23. The van der Waals surface area contributed by atoms with E-state index >= 15 is 0 Å². The summed E-state index contributed by atoms with van der Waals surface area (Å²) < 4.78 is 10.7. The Labute approximate surface area is 186 Å². The molecular weight excluding hydrogens is 410 g/mol. The predicted octanol–water partition coefficient (Wildman–Crippen LogP) is 5.00. The number of thiazole rings is 1. The van der Waals surface area contributed by atoms with E-state index in [0.717, 1.165) is 38.0 Å². The van der Waals surface area contributed by atoms with Crippen LogP contribution in [-0.4, -0.2) is 43.1 Å². The third-order valence-electron chi connectivity index (χ3n) is 5.64. The van der Waals surface area contributed by atoms with E-state index in [1.54, 1.807) is 14.2 Å². The number of piperidine rings is 1. The molecule has 1 saturated heterocycles. The summed E-state index contributed by atoms with van der Waals surface area (Å²) in [5.74, 6) is 2.00. The van der Waals surface area contributed by atoms with Crippen LogP contribution in [0.4, 0.5) is 10.8 Å². The van der Waals surface area contributed by atoms with Crippen molar-refractivity contribution in [3.05, 3.63) is 65.2 Å². The average molecular weight is 438 g/mol. The number of hydrogen-bond acceptors (Lipinski definition) is 6. The molecule has 0 unspecified atom stereocenters. The van der Waals surface area contributed by atoms with Crippen molar-refractivity contribution >= 4 is 28.1 Å². The van der Waals surface area contributed by atoms with Gasteiger partial charge in [0.25, 0.3) is 5.91 Å². The second-order valence-electron chi connectivity index (χ2n) is 7.65. The zero-order valence-corrected chi connectivity index (χ0v) is 18.7. The Bertz CT molecular complexity index is 1010. The molecule has 0 atom stereocenters. The molecule has 1 fully saturated rings. The van der Waals surface area contributed by atoms with E-state index in [-0.39, 0.29) is 5.91 Å². The Morgan fingerprint density at radius 2 is 1.90 bits per heavy atom. The highest BCUT2D eigenvalue weighted by molar-refractivity contribution is 7.14. The molecule has 2 aromatic carbocycles. The van der Waals surface area contributed by atoms with Crippen LogP contribution in [0, 0.1) is 5.92 Å². The fraction of sp³-hybridized carbons (Fsp3) is 0.333. The quantitative estimate of drug-likeness (QED) is 0.564. The number of likely N-dealkylation sites (tertiary alicyclic amines) is 1. The molecule has 1 aliphatic heterocycles. The highest BCUT2D eigenvalue weighted by Crippen LogP contribution is 2.32. The lowest BCUT2D eigenvalue weighted by molar-refractivity contribution is 0.0685.